The Morgan fingerprint density at radius 2 is 2.36 bits per heavy atom. The van der Waals surface area contributed by atoms with Crippen molar-refractivity contribution >= 4 is 10.9 Å². The monoisotopic (exact) mass is 193 g/mol. The van der Waals surface area contributed by atoms with E-state index in [2.05, 4.69) is 10.2 Å². The molecule has 74 valence electrons. The first-order chi connectivity index (χ1) is 6.83. The highest BCUT2D eigenvalue weighted by molar-refractivity contribution is 5.88. The number of fused-ring (bicyclic) bond motifs is 1. The predicted octanol–water partition coefficient (Wildman–Crippen LogP) is 0.606. The number of phenols is 1. The van der Waals surface area contributed by atoms with Crippen molar-refractivity contribution < 1.29 is 9.84 Å². The van der Waals surface area contributed by atoms with E-state index in [9.17, 15) is 5.11 Å². The van der Waals surface area contributed by atoms with Crippen LogP contribution in [-0.2, 0) is 0 Å². The molecule has 0 saturated heterocycles. The van der Waals surface area contributed by atoms with Crippen LogP contribution < -0.4 is 10.5 Å². The number of benzene rings is 1. The van der Waals surface area contributed by atoms with Gasteiger partial charge in [-0.05, 0) is 12.1 Å². The number of hydrogen-bond acceptors (Lipinski definition) is 4. The fraction of sp³-hybridized carbons (Fsp3) is 0.222. The first-order valence-corrected chi connectivity index (χ1v) is 4.32. The molecule has 0 atom stereocenters. The molecule has 0 aliphatic carbocycles. The normalized spacial score (nSPS) is 10.6. The van der Waals surface area contributed by atoms with Crippen LogP contribution in [-0.4, -0.2) is 28.5 Å². The molecule has 0 spiro atoms. The number of para-hydroxylation sites is 1. The maximum Gasteiger partial charge on any atom is 0.240 e. The van der Waals surface area contributed by atoms with E-state index in [1.54, 1.807) is 12.1 Å². The van der Waals surface area contributed by atoms with Crippen LogP contribution in [0.15, 0.2) is 18.2 Å². The van der Waals surface area contributed by atoms with E-state index in [0.717, 1.165) is 5.39 Å². The Hall–Kier alpha value is -1.75. The summed E-state index contributed by atoms with van der Waals surface area (Å²) in [5.74, 6) is 0.638. The Bertz CT molecular complexity index is 439. The molecule has 5 nitrogen and oxygen atoms in total. The zero-order valence-corrected chi connectivity index (χ0v) is 7.53. The summed E-state index contributed by atoms with van der Waals surface area (Å²) in [6.45, 7) is 0.850. The van der Waals surface area contributed by atoms with Crippen LogP contribution in [0.1, 0.15) is 0 Å². The average Bonchev–Trinajstić information content (AvgIpc) is 2.60. The van der Waals surface area contributed by atoms with Crippen LogP contribution in [0, 0.1) is 0 Å². The average molecular weight is 193 g/mol. The number of aromatic hydroxyl groups is 1. The maximum atomic E-state index is 9.46. The molecule has 0 fully saturated rings. The van der Waals surface area contributed by atoms with Gasteiger partial charge in [-0.3, -0.25) is 5.10 Å². The summed E-state index contributed by atoms with van der Waals surface area (Å²) in [5.41, 5.74) is 5.89. The summed E-state index contributed by atoms with van der Waals surface area (Å²) in [5, 5.41) is 16.9. The van der Waals surface area contributed by atoms with Crippen molar-refractivity contribution in [1.82, 2.24) is 10.2 Å². The third kappa shape index (κ3) is 1.38. The van der Waals surface area contributed by atoms with Gasteiger partial charge in [-0.15, -0.1) is 5.10 Å². The maximum absolute atomic E-state index is 9.46. The number of nitrogens with two attached hydrogens (primary N) is 1. The predicted molar refractivity (Wildman–Crippen MR) is 52.3 cm³/mol. The summed E-state index contributed by atoms with van der Waals surface area (Å²) in [4.78, 5) is 0. The van der Waals surface area contributed by atoms with Gasteiger partial charge >= 0.3 is 0 Å². The molecular formula is C9H11N3O2. The molecule has 1 aromatic heterocycles. The second-order valence-electron chi connectivity index (χ2n) is 2.87. The number of nitrogens with zero attached hydrogens (tertiary/aromatic N) is 1. The molecule has 1 heterocycles. The van der Waals surface area contributed by atoms with Gasteiger partial charge in [-0.2, -0.15) is 0 Å². The lowest BCUT2D eigenvalue weighted by Gasteiger charge is -1.99. The zero-order valence-electron chi connectivity index (χ0n) is 7.53. The van der Waals surface area contributed by atoms with E-state index in [0.29, 0.717) is 24.5 Å². The summed E-state index contributed by atoms with van der Waals surface area (Å²) >= 11 is 0. The Kier molecular flexibility index (Phi) is 2.24. The fourth-order valence-electron chi connectivity index (χ4n) is 1.27. The number of aromatic amines is 1. The van der Waals surface area contributed by atoms with Crippen LogP contribution in [0.4, 0.5) is 0 Å². The van der Waals surface area contributed by atoms with Crippen molar-refractivity contribution in [3.05, 3.63) is 18.2 Å². The van der Waals surface area contributed by atoms with Crippen molar-refractivity contribution in [1.29, 1.82) is 0 Å². The molecule has 14 heavy (non-hydrogen) atoms. The topological polar surface area (TPSA) is 84.2 Å². The zero-order chi connectivity index (χ0) is 9.97. The molecule has 2 aromatic rings. The molecule has 0 radical (unpaired) electrons. The third-order valence-electron chi connectivity index (χ3n) is 1.90. The van der Waals surface area contributed by atoms with Crippen LogP contribution in [0.5, 0.6) is 11.6 Å². The number of hydrogen-bond donors (Lipinski definition) is 3. The van der Waals surface area contributed by atoms with Crippen LogP contribution in [0.3, 0.4) is 0 Å². The van der Waals surface area contributed by atoms with E-state index in [1.165, 1.54) is 0 Å². The number of phenolic OH excluding ortho intramolecular Hbond substituents is 1. The molecule has 0 saturated carbocycles. The lowest BCUT2D eigenvalue weighted by Crippen LogP contribution is -2.10. The summed E-state index contributed by atoms with van der Waals surface area (Å²) in [6.07, 6.45) is 0. The first-order valence-electron chi connectivity index (χ1n) is 4.32. The van der Waals surface area contributed by atoms with Gasteiger partial charge in [0, 0.05) is 6.54 Å². The quantitative estimate of drug-likeness (QED) is 0.666. The Morgan fingerprint density at radius 1 is 1.50 bits per heavy atom. The van der Waals surface area contributed by atoms with Gasteiger partial charge in [0.2, 0.25) is 5.88 Å². The summed E-state index contributed by atoms with van der Waals surface area (Å²) < 4.78 is 5.28. The molecule has 0 aliphatic heterocycles. The van der Waals surface area contributed by atoms with Gasteiger partial charge < -0.3 is 15.6 Å². The standard InChI is InChI=1S/C9H11N3O2/c10-4-5-14-9-6-2-1-3-7(13)8(6)11-12-9/h1-3,13H,4-5,10H2,(H,11,12). The minimum atomic E-state index is 0.164. The van der Waals surface area contributed by atoms with Gasteiger partial charge in [0.1, 0.15) is 17.9 Å². The lowest BCUT2D eigenvalue weighted by molar-refractivity contribution is 0.318. The molecule has 0 amide bonds. The molecule has 5 heteroatoms. The molecule has 0 unspecified atom stereocenters. The number of aromatic nitrogens is 2. The fourth-order valence-corrected chi connectivity index (χ4v) is 1.27. The van der Waals surface area contributed by atoms with E-state index >= 15 is 0 Å². The highest BCUT2D eigenvalue weighted by Gasteiger charge is 2.08. The van der Waals surface area contributed by atoms with E-state index in [4.69, 9.17) is 10.5 Å². The van der Waals surface area contributed by atoms with Gasteiger partial charge in [-0.25, -0.2) is 0 Å². The number of H-pyrrole nitrogens is 1. The second kappa shape index (κ2) is 3.55. The molecular weight excluding hydrogens is 182 g/mol. The van der Waals surface area contributed by atoms with Crippen LogP contribution in [0.25, 0.3) is 10.9 Å². The van der Waals surface area contributed by atoms with E-state index in [-0.39, 0.29) is 5.75 Å². The highest BCUT2D eigenvalue weighted by atomic mass is 16.5. The second-order valence-corrected chi connectivity index (χ2v) is 2.87. The lowest BCUT2D eigenvalue weighted by atomic mass is 10.2. The van der Waals surface area contributed by atoms with Crippen molar-refractivity contribution in [3.63, 3.8) is 0 Å². The van der Waals surface area contributed by atoms with Gasteiger partial charge in [-0.1, -0.05) is 6.07 Å². The van der Waals surface area contributed by atoms with Gasteiger partial charge in [0.25, 0.3) is 0 Å². The minimum Gasteiger partial charge on any atom is -0.506 e. The Labute approximate surface area is 80.5 Å². The molecule has 0 bridgehead atoms. The molecule has 1 aromatic carbocycles. The van der Waals surface area contributed by atoms with Crippen LogP contribution >= 0.6 is 0 Å². The number of rotatable bonds is 3. The van der Waals surface area contributed by atoms with Crippen molar-refractivity contribution in [2.75, 3.05) is 13.2 Å². The van der Waals surface area contributed by atoms with E-state index < -0.39 is 0 Å². The molecule has 0 aliphatic rings. The minimum absolute atomic E-state index is 0.164. The van der Waals surface area contributed by atoms with Crippen molar-refractivity contribution in [2.24, 2.45) is 5.73 Å². The molecule has 2 rings (SSSR count). The first kappa shape index (κ1) is 8.83. The Morgan fingerprint density at radius 3 is 3.14 bits per heavy atom. The number of nitrogens with one attached hydrogen (secondary N) is 1. The van der Waals surface area contributed by atoms with Crippen molar-refractivity contribution in [3.8, 4) is 11.6 Å². The summed E-state index contributed by atoms with van der Waals surface area (Å²) in [7, 11) is 0. The van der Waals surface area contributed by atoms with Gasteiger partial charge in [0.05, 0.1) is 5.39 Å². The van der Waals surface area contributed by atoms with Crippen LogP contribution in [0.2, 0.25) is 0 Å². The molecule has 4 N–H and O–H groups in total. The highest BCUT2D eigenvalue weighted by Crippen LogP contribution is 2.28. The van der Waals surface area contributed by atoms with E-state index in [1.807, 2.05) is 6.07 Å². The smallest absolute Gasteiger partial charge is 0.240 e. The number of ether oxygens (including phenoxy) is 1. The Balaban J connectivity index is 2.42. The summed E-state index contributed by atoms with van der Waals surface area (Å²) in [6, 6.07) is 5.15. The largest absolute Gasteiger partial charge is 0.506 e. The third-order valence-corrected chi connectivity index (χ3v) is 1.90. The van der Waals surface area contributed by atoms with Crippen molar-refractivity contribution in [2.45, 2.75) is 0 Å². The SMILES string of the molecule is NCCOc1n[nH]c2c(O)cccc12. The van der Waals surface area contributed by atoms with Gasteiger partial charge in [0.15, 0.2) is 0 Å².